The van der Waals surface area contributed by atoms with Crippen molar-refractivity contribution in [3.8, 4) is 0 Å². The first-order valence-electron chi connectivity index (χ1n) is 3.66. The molecule has 0 amide bonds. The molecule has 2 aliphatic heterocycles. The smallest absolute Gasteiger partial charge is 0.0630 e. The van der Waals surface area contributed by atoms with Gasteiger partial charge in [-0.1, -0.05) is 0 Å². The molecule has 2 heteroatoms. The van der Waals surface area contributed by atoms with Gasteiger partial charge in [0.2, 0.25) is 0 Å². The van der Waals surface area contributed by atoms with Crippen LogP contribution in [-0.2, 0) is 4.74 Å². The van der Waals surface area contributed by atoms with Crippen LogP contribution in [0, 0.1) is 5.92 Å². The summed E-state index contributed by atoms with van der Waals surface area (Å²) in [6, 6.07) is 0. The van der Waals surface area contributed by atoms with E-state index in [-0.39, 0.29) is 0 Å². The van der Waals surface area contributed by atoms with Crippen LogP contribution in [0.3, 0.4) is 0 Å². The Balaban J connectivity index is 2.01. The minimum atomic E-state index is 0.321. The van der Waals surface area contributed by atoms with E-state index in [1.165, 1.54) is 12.8 Å². The quantitative estimate of drug-likeness (QED) is 0.558. The van der Waals surface area contributed by atoms with Crippen LogP contribution in [0.2, 0.25) is 0 Å². The van der Waals surface area contributed by atoms with Crippen LogP contribution in [0.25, 0.3) is 0 Å². The van der Waals surface area contributed by atoms with Gasteiger partial charge in [-0.15, -0.1) is 0 Å². The van der Waals surface area contributed by atoms with Gasteiger partial charge in [-0.05, 0) is 19.3 Å². The van der Waals surface area contributed by atoms with Crippen molar-refractivity contribution in [2.45, 2.75) is 31.5 Å². The Morgan fingerprint density at radius 1 is 1.44 bits per heavy atom. The summed E-state index contributed by atoms with van der Waals surface area (Å²) in [6.07, 6.45) is 4.39. The van der Waals surface area contributed by atoms with E-state index in [0.29, 0.717) is 24.7 Å². The maximum atomic E-state index is 8.81. The zero-order valence-electron chi connectivity index (χ0n) is 5.42. The number of fused-ring (bicyclic) bond motifs is 2. The molecular formula is C7H12O2. The molecule has 2 fully saturated rings. The first-order chi connectivity index (χ1) is 4.40. The maximum absolute atomic E-state index is 8.81. The van der Waals surface area contributed by atoms with Gasteiger partial charge in [0.1, 0.15) is 0 Å². The summed E-state index contributed by atoms with van der Waals surface area (Å²) >= 11 is 0. The minimum absolute atomic E-state index is 0.321. The van der Waals surface area contributed by atoms with Crippen LogP contribution in [0.1, 0.15) is 19.3 Å². The Morgan fingerprint density at radius 3 is 2.67 bits per heavy atom. The van der Waals surface area contributed by atoms with E-state index in [1.54, 1.807) is 0 Å². The molecular weight excluding hydrogens is 116 g/mol. The van der Waals surface area contributed by atoms with Crippen molar-refractivity contribution in [3.05, 3.63) is 0 Å². The Hall–Kier alpha value is -0.0800. The third-order valence-corrected chi connectivity index (χ3v) is 2.47. The van der Waals surface area contributed by atoms with Crippen molar-refractivity contribution in [1.29, 1.82) is 0 Å². The van der Waals surface area contributed by atoms with Crippen molar-refractivity contribution in [2.24, 2.45) is 5.92 Å². The molecule has 0 aliphatic carbocycles. The van der Waals surface area contributed by atoms with Gasteiger partial charge in [-0.3, -0.25) is 0 Å². The van der Waals surface area contributed by atoms with Gasteiger partial charge in [-0.25, -0.2) is 0 Å². The summed E-state index contributed by atoms with van der Waals surface area (Å²) < 4.78 is 5.52. The summed E-state index contributed by atoms with van der Waals surface area (Å²) in [7, 11) is 0. The predicted molar refractivity (Wildman–Crippen MR) is 33.1 cm³/mol. The van der Waals surface area contributed by atoms with Crippen molar-refractivity contribution in [3.63, 3.8) is 0 Å². The van der Waals surface area contributed by atoms with E-state index in [2.05, 4.69) is 0 Å². The predicted octanol–water partition coefficient (Wildman–Crippen LogP) is 0.546. The lowest BCUT2D eigenvalue weighted by Gasteiger charge is -2.14. The monoisotopic (exact) mass is 128 g/mol. The van der Waals surface area contributed by atoms with Gasteiger partial charge in [0.15, 0.2) is 0 Å². The maximum Gasteiger partial charge on any atom is 0.0630 e. The SMILES string of the molecule is OC[C@H]1C[C@@H]2CC[C@H]1O2. The van der Waals surface area contributed by atoms with Crippen LogP contribution in [0.4, 0.5) is 0 Å². The molecule has 2 bridgehead atoms. The van der Waals surface area contributed by atoms with Crippen LogP contribution in [0.5, 0.6) is 0 Å². The van der Waals surface area contributed by atoms with Crippen LogP contribution >= 0.6 is 0 Å². The van der Waals surface area contributed by atoms with Crippen molar-refractivity contribution < 1.29 is 9.84 Å². The molecule has 0 aromatic carbocycles. The number of aliphatic hydroxyl groups excluding tert-OH is 1. The van der Waals surface area contributed by atoms with Crippen molar-refractivity contribution in [1.82, 2.24) is 0 Å². The van der Waals surface area contributed by atoms with Crippen molar-refractivity contribution in [2.75, 3.05) is 6.61 Å². The zero-order chi connectivity index (χ0) is 6.27. The first-order valence-corrected chi connectivity index (χ1v) is 3.66. The Labute approximate surface area is 54.8 Å². The lowest BCUT2D eigenvalue weighted by atomic mass is 9.90. The molecule has 52 valence electrons. The van der Waals surface area contributed by atoms with Crippen LogP contribution < -0.4 is 0 Å². The molecule has 2 nitrogen and oxygen atoms in total. The van der Waals surface area contributed by atoms with E-state index in [0.717, 1.165) is 6.42 Å². The lowest BCUT2D eigenvalue weighted by Crippen LogP contribution is -2.19. The highest BCUT2D eigenvalue weighted by Crippen LogP contribution is 2.38. The van der Waals surface area contributed by atoms with Gasteiger partial charge in [-0.2, -0.15) is 0 Å². The van der Waals surface area contributed by atoms with Gasteiger partial charge < -0.3 is 9.84 Å². The molecule has 9 heavy (non-hydrogen) atoms. The van der Waals surface area contributed by atoms with Crippen molar-refractivity contribution >= 4 is 0 Å². The molecule has 2 heterocycles. The Kier molecular flexibility index (Phi) is 1.24. The highest BCUT2D eigenvalue weighted by molar-refractivity contribution is 4.88. The van der Waals surface area contributed by atoms with Gasteiger partial charge in [0.25, 0.3) is 0 Å². The minimum Gasteiger partial charge on any atom is -0.396 e. The molecule has 2 aliphatic rings. The Bertz CT molecular complexity index is 113. The average Bonchev–Trinajstić information content (AvgIpc) is 2.45. The van der Waals surface area contributed by atoms with E-state index < -0.39 is 0 Å². The normalized spacial score (nSPS) is 48.3. The molecule has 0 saturated carbocycles. The van der Waals surface area contributed by atoms with Gasteiger partial charge in [0.05, 0.1) is 12.2 Å². The second-order valence-corrected chi connectivity index (χ2v) is 3.05. The number of rotatable bonds is 1. The topological polar surface area (TPSA) is 29.5 Å². The third-order valence-electron chi connectivity index (χ3n) is 2.47. The highest BCUT2D eigenvalue weighted by Gasteiger charge is 2.39. The van der Waals surface area contributed by atoms with Gasteiger partial charge in [0, 0.05) is 12.5 Å². The summed E-state index contributed by atoms with van der Waals surface area (Å²) in [5.41, 5.74) is 0. The second-order valence-electron chi connectivity index (χ2n) is 3.05. The molecule has 0 radical (unpaired) electrons. The fourth-order valence-corrected chi connectivity index (χ4v) is 1.94. The van der Waals surface area contributed by atoms with Crippen LogP contribution in [-0.4, -0.2) is 23.9 Å². The molecule has 0 aromatic heterocycles. The molecule has 2 rings (SSSR count). The van der Waals surface area contributed by atoms with E-state index in [1.807, 2.05) is 0 Å². The molecule has 2 saturated heterocycles. The summed E-state index contributed by atoms with van der Waals surface area (Å²) in [5, 5.41) is 8.81. The molecule has 3 atom stereocenters. The molecule has 0 aromatic rings. The number of ether oxygens (including phenoxy) is 1. The van der Waals surface area contributed by atoms with E-state index in [9.17, 15) is 0 Å². The lowest BCUT2D eigenvalue weighted by molar-refractivity contribution is 0.0795. The number of hydrogen-bond acceptors (Lipinski definition) is 2. The fraction of sp³-hybridized carbons (Fsp3) is 1.00. The largest absolute Gasteiger partial charge is 0.396 e. The van der Waals surface area contributed by atoms with Crippen LogP contribution in [0.15, 0.2) is 0 Å². The number of hydrogen-bond donors (Lipinski definition) is 1. The molecule has 1 N–H and O–H groups in total. The fourth-order valence-electron chi connectivity index (χ4n) is 1.94. The number of aliphatic hydroxyl groups is 1. The van der Waals surface area contributed by atoms with E-state index >= 15 is 0 Å². The second kappa shape index (κ2) is 1.96. The standard InChI is InChI=1S/C7H12O2/c8-4-5-3-6-1-2-7(5)9-6/h5-8H,1-4H2/t5-,6+,7-/m1/s1. The summed E-state index contributed by atoms with van der Waals surface area (Å²) in [6.45, 7) is 0.321. The summed E-state index contributed by atoms with van der Waals surface area (Å²) in [4.78, 5) is 0. The Morgan fingerprint density at radius 2 is 2.33 bits per heavy atom. The zero-order valence-corrected chi connectivity index (χ0v) is 5.42. The molecule has 0 spiro atoms. The van der Waals surface area contributed by atoms with E-state index in [4.69, 9.17) is 9.84 Å². The highest BCUT2D eigenvalue weighted by atomic mass is 16.5. The average molecular weight is 128 g/mol. The first kappa shape index (κ1) is 5.69. The van der Waals surface area contributed by atoms with Gasteiger partial charge >= 0.3 is 0 Å². The summed E-state index contributed by atoms with van der Waals surface area (Å²) in [5.74, 6) is 0.462. The molecule has 0 unspecified atom stereocenters. The third kappa shape index (κ3) is 0.775.